The first-order valence-corrected chi connectivity index (χ1v) is 11.2. The summed E-state index contributed by atoms with van der Waals surface area (Å²) in [5, 5.41) is 0. The fourth-order valence-corrected chi connectivity index (χ4v) is 3.73. The molecule has 172 valence electrons. The van der Waals surface area contributed by atoms with Gasteiger partial charge in [0.1, 0.15) is 5.75 Å². The number of nitrogens with zero attached hydrogens (tertiary/aromatic N) is 1. The first-order valence-electron chi connectivity index (χ1n) is 11.2. The van der Waals surface area contributed by atoms with Gasteiger partial charge in [0.05, 0.1) is 0 Å². The highest BCUT2D eigenvalue weighted by atomic mass is 19.3. The highest BCUT2D eigenvalue weighted by Gasteiger charge is 2.20. The van der Waals surface area contributed by atoms with E-state index in [4.69, 9.17) is 4.74 Å². The molecule has 0 aromatic heterocycles. The summed E-state index contributed by atoms with van der Waals surface area (Å²) in [6.07, 6.45) is 3.31. The molecule has 5 heteroatoms. The van der Waals surface area contributed by atoms with Crippen molar-refractivity contribution in [2.45, 2.75) is 33.3 Å². The Balaban J connectivity index is 2.06. The van der Waals surface area contributed by atoms with E-state index in [-0.39, 0.29) is 11.7 Å². The zero-order chi connectivity index (χ0) is 23.6. The molecule has 1 amide bonds. The molecular weight excluding hydrogens is 420 g/mol. The van der Waals surface area contributed by atoms with Crippen molar-refractivity contribution >= 4 is 17.6 Å². The van der Waals surface area contributed by atoms with Gasteiger partial charge < -0.3 is 9.64 Å². The van der Waals surface area contributed by atoms with Crippen LogP contribution in [0.1, 0.15) is 37.8 Å². The summed E-state index contributed by atoms with van der Waals surface area (Å²) in [7, 11) is 0. The molecule has 0 aliphatic carbocycles. The zero-order valence-electron chi connectivity index (χ0n) is 19.0. The van der Waals surface area contributed by atoms with Crippen molar-refractivity contribution in [3.05, 3.63) is 90.0 Å². The van der Waals surface area contributed by atoms with E-state index in [0.717, 1.165) is 29.5 Å². The number of rotatable bonds is 10. The second-order valence-electron chi connectivity index (χ2n) is 7.71. The second kappa shape index (κ2) is 12.0. The monoisotopic (exact) mass is 449 g/mol. The lowest BCUT2D eigenvalue weighted by atomic mass is 9.97. The molecule has 3 aromatic carbocycles. The summed E-state index contributed by atoms with van der Waals surface area (Å²) in [5.41, 5.74) is 3.72. The van der Waals surface area contributed by atoms with E-state index >= 15 is 0 Å². The molecule has 0 bridgehead atoms. The molecule has 3 nitrogen and oxygen atoms in total. The van der Waals surface area contributed by atoms with Gasteiger partial charge in [-0.15, -0.1) is 0 Å². The van der Waals surface area contributed by atoms with Crippen molar-refractivity contribution in [1.82, 2.24) is 4.90 Å². The van der Waals surface area contributed by atoms with Crippen LogP contribution >= 0.6 is 0 Å². The molecular formula is C28H29F2NO2. The maximum absolute atomic E-state index is 13.6. The van der Waals surface area contributed by atoms with E-state index in [1.54, 1.807) is 24.3 Å². The molecule has 3 aromatic rings. The van der Waals surface area contributed by atoms with Crippen LogP contribution in [-0.2, 0) is 4.79 Å². The topological polar surface area (TPSA) is 29.5 Å². The van der Waals surface area contributed by atoms with Gasteiger partial charge >= 0.3 is 6.61 Å². The molecule has 0 radical (unpaired) electrons. The van der Waals surface area contributed by atoms with Crippen LogP contribution in [0.4, 0.5) is 8.78 Å². The Labute approximate surface area is 194 Å². The molecule has 0 unspecified atom stereocenters. The molecule has 0 atom stereocenters. The first-order chi connectivity index (χ1) is 16.0. The number of para-hydroxylation sites is 1. The molecule has 0 N–H and O–H groups in total. The van der Waals surface area contributed by atoms with Gasteiger partial charge in [0.2, 0.25) is 0 Å². The molecule has 0 heterocycles. The van der Waals surface area contributed by atoms with Gasteiger partial charge in [0.15, 0.2) is 0 Å². The van der Waals surface area contributed by atoms with Crippen LogP contribution in [0.25, 0.3) is 22.8 Å². The van der Waals surface area contributed by atoms with Crippen LogP contribution in [0.5, 0.6) is 5.75 Å². The average molecular weight is 450 g/mol. The standard InChI is InChI=1S/C28H29F2NO2/c1-3-18-31(19-4-2)27(32)25(20-24-12-8-9-13-26(24)33-28(29)30)23-16-14-22(15-17-23)21-10-6-5-7-11-21/h5-17,20,28H,3-4,18-19H2,1-2H3. The van der Waals surface area contributed by atoms with E-state index in [2.05, 4.69) is 0 Å². The van der Waals surface area contributed by atoms with Crippen LogP contribution in [0.2, 0.25) is 0 Å². The van der Waals surface area contributed by atoms with Gasteiger partial charge in [-0.05, 0) is 41.7 Å². The molecule has 0 fully saturated rings. The summed E-state index contributed by atoms with van der Waals surface area (Å²) in [5.74, 6) is -0.0887. The quantitative estimate of drug-likeness (QED) is 0.243. The predicted molar refractivity (Wildman–Crippen MR) is 130 cm³/mol. The molecule has 0 spiro atoms. The normalized spacial score (nSPS) is 11.5. The SMILES string of the molecule is CCCN(CCC)C(=O)C(=Cc1ccccc1OC(F)F)c1ccc(-c2ccccc2)cc1. The predicted octanol–water partition coefficient (Wildman–Crippen LogP) is 7.14. The fourth-order valence-electron chi connectivity index (χ4n) is 3.73. The van der Waals surface area contributed by atoms with Crippen molar-refractivity contribution in [2.75, 3.05) is 13.1 Å². The molecule has 0 aliphatic rings. The Hall–Kier alpha value is -3.47. The first kappa shape index (κ1) is 24.2. The van der Waals surface area contributed by atoms with Crippen LogP contribution in [-0.4, -0.2) is 30.5 Å². The second-order valence-corrected chi connectivity index (χ2v) is 7.71. The van der Waals surface area contributed by atoms with Crippen molar-refractivity contribution < 1.29 is 18.3 Å². The average Bonchev–Trinajstić information content (AvgIpc) is 2.83. The summed E-state index contributed by atoms with van der Waals surface area (Å²) in [6.45, 7) is 2.36. The van der Waals surface area contributed by atoms with Crippen molar-refractivity contribution in [3.8, 4) is 16.9 Å². The lowest BCUT2D eigenvalue weighted by molar-refractivity contribution is -0.125. The number of hydrogen-bond donors (Lipinski definition) is 0. The molecule has 0 saturated carbocycles. The Morgan fingerprint density at radius 2 is 1.42 bits per heavy atom. The number of halogens is 2. The van der Waals surface area contributed by atoms with E-state index in [1.165, 1.54) is 6.07 Å². The lowest BCUT2D eigenvalue weighted by Crippen LogP contribution is -2.33. The van der Waals surface area contributed by atoms with Gasteiger partial charge in [0, 0.05) is 24.2 Å². The highest BCUT2D eigenvalue weighted by Crippen LogP contribution is 2.29. The van der Waals surface area contributed by atoms with Gasteiger partial charge in [-0.25, -0.2) is 0 Å². The number of benzene rings is 3. The fraction of sp³-hybridized carbons (Fsp3) is 0.250. The van der Waals surface area contributed by atoms with E-state index in [1.807, 2.05) is 73.3 Å². The van der Waals surface area contributed by atoms with E-state index < -0.39 is 6.61 Å². The number of carbonyl (C=O) groups is 1. The van der Waals surface area contributed by atoms with Crippen LogP contribution in [0.15, 0.2) is 78.9 Å². The van der Waals surface area contributed by atoms with E-state index in [9.17, 15) is 13.6 Å². The lowest BCUT2D eigenvalue weighted by Gasteiger charge is -2.23. The minimum Gasteiger partial charge on any atom is -0.434 e. The summed E-state index contributed by atoms with van der Waals surface area (Å²) < 4.78 is 30.6. The van der Waals surface area contributed by atoms with Crippen LogP contribution in [0.3, 0.4) is 0 Å². The Morgan fingerprint density at radius 1 is 0.848 bits per heavy atom. The molecule has 3 rings (SSSR count). The maximum Gasteiger partial charge on any atom is 0.387 e. The van der Waals surface area contributed by atoms with E-state index in [0.29, 0.717) is 24.2 Å². The third-order valence-corrected chi connectivity index (χ3v) is 5.24. The highest BCUT2D eigenvalue weighted by molar-refractivity contribution is 6.24. The van der Waals surface area contributed by atoms with Crippen molar-refractivity contribution in [1.29, 1.82) is 0 Å². The van der Waals surface area contributed by atoms with Gasteiger partial charge in [-0.1, -0.05) is 86.6 Å². The molecule has 33 heavy (non-hydrogen) atoms. The summed E-state index contributed by atoms with van der Waals surface area (Å²) in [6, 6.07) is 24.2. The van der Waals surface area contributed by atoms with Gasteiger partial charge in [-0.2, -0.15) is 8.78 Å². The number of ether oxygens (including phenoxy) is 1. The third-order valence-electron chi connectivity index (χ3n) is 5.24. The zero-order valence-corrected chi connectivity index (χ0v) is 19.0. The minimum absolute atomic E-state index is 0.0382. The van der Waals surface area contributed by atoms with Gasteiger partial charge in [0.25, 0.3) is 5.91 Å². The number of amides is 1. The minimum atomic E-state index is -2.94. The maximum atomic E-state index is 13.6. The van der Waals surface area contributed by atoms with Crippen molar-refractivity contribution in [3.63, 3.8) is 0 Å². The Bertz CT molecular complexity index is 1060. The van der Waals surface area contributed by atoms with Crippen LogP contribution in [0, 0.1) is 0 Å². The van der Waals surface area contributed by atoms with Crippen molar-refractivity contribution in [2.24, 2.45) is 0 Å². The smallest absolute Gasteiger partial charge is 0.387 e. The number of carbonyl (C=O) groups excluding carboxylic acids is 1. The summed E-state index contributed by atoms with van der Waals surface area (Å²) >= 11 is 0. The summed E-state index contributed by atoms with van der Waals surface area (Å²) in [4.78, 5) is 15.4. The van der Waals surface area contributed by atoms with Gasteiger partial charge in [-0.3, -0.25) is 4.79 Å². The molecule has 0 saturated heterocycles. The number of alkyl halides is 2. The Kier molecular flexibility index (Phi) is 8.76. The van der Waals surface area contributed by atoms with Crippen LogP contribution < -0.4 is 4.74 Å². The number of hydrogen-bond acceptors (Lipinski definition) is 2. The largest absolute Gasteiger partial charge is 0.434 e. The Morgan fingerprint density at radius 3 is 2.03 bits per heavy atom. The third kappa shape index (κ3) is 6.51. The molecule has 0 aliphatic heterocycles.